The van der Waals surface area contributed by atoms with Gasteiger partial charge in [0.25, 0.3) is 5.91 Å². The molecule has 0 aliphatic heterocycles. The Labute approximate surface area is 196 Å². The Balaban J connectivity index is 2.34. The molecule has 0 aromatic heterocycles. The molecule has 178 valence electrons. The van der Waals surface area contributed by atoms with Gasteiger partial charge in [0.15, 0.2) is 0 Å². The zero-order chi connectivity index (χ0) is 24.4. The molecule has 0 saturated heterocycles. The molecule has 2 aromatic carbocycles. The van der Waals surface area contributed by atoms with Crippen LogP contribution in [0.25, 0.3) is 0 Å². The number of amides is 3. The predicted octanol–water partition coefficient (Wildman–Crippen LogP) is 4.75. The molecule has 0 spiro atoms. The first kappa shape index (κ1) is 25.9. The maximum absolute atomic E-state index is 13.1. The molecule has 2 aromatic rings. The Kier molecular flexibility index (Phi) is 9.91. The average molecular weight is 454 g/mol. The largest absolute Gasteiger partial charge is 0.444 e. The molecule has 33 heavy (non-hydrogen) atoms. The summed E-state index contributed by atoms with van der Waals surface area (Å²) < 4.78 is 5.55. The first-order valence-electron chi connectivity index (χ1n) is 11.5. The zero-order valence-electron chi connectivity index (χ0n) is 20.0. The molecule has 2 atom stereocenters. The summed E-state index contributed by atoms with van der Waals surface area (Å²) in [6.45, 7) is 9.16. The van der Waals surface area contributed by atoms with Gasteiger partial charge in [-0.25, -0.2) is 4.79 Å². The van der Waals surface area contributed by atoms with Crippen LogP contribution in [-0.2, 0) is 11.3 Å². The van der Waals surface area contributed by atoms with Gasteiger partial charge in [-0.1, -0.05) is 70.9 Å². The maximum atomic E-state index is 13.1. The molecular formula is C26H35N3O4. The third kappa shape index (κ3) is 7.93. The Morgan fingerprint density at radius 3 is 2.21 bits per heavy atom. The number of nitrogens with one attached hydrogen (secondary N) is 1. The fourth-order valence-electron chi connectivity index (χ4n) is 3.08. The molecule has 2 unspecified atom stereocenters. The van der Waals surface area contributed by atoms with Gasteiger partial charge >= 0.3 is 6.09 Å². The minimum Gasteiger partial charge on any atom is -0.444 e. The SMILES string of the molecule is CCC(C)CNC(=O)c1cc(C(N)=O)cc(N(CC(C)CC)C(=O)OCc2ccccc2)c1. The Morgan fingerprint density at radius 1 is 0.970 bits per heavy atom. The van der Waals surface area contributed by atoms with Gasteiger partial charge in [0, 0.05) is 29.9 Å². The Hall–Kier alpha value is -3.35. The minimum atomic E-state index is -0.672. The van der Waals surface area contributed by atoms with Gasteiger partial charge in [-0.2, -0.15) is 0 Å². The lowest BCUT2D eigenvalue weighted by molar-refractivity contribution is 0.0947. The highest BCUT2D eigenvalue weighted by atomic mass is 16.6. The molecule has 0 aliphatic rings. The van der Waals surface area contributed by atoms with Crippen molar-refractivity contribution in [1.29, 1.82) is 0 Å². The molecule has 0 bridgehead atoms. The number of carbonyl (C=O) groups excluding carboxylic acids is 3. The van der Waals surface area contributed by atoms with Gasteiger partial charge in [-0.15, -0.1) is 0 Å². The van der Waals surface area contributed by atoms with Crippen LogP contribution < -0.4 is 16.0 Å². The summed E-state index contributed by atoms with van der Waals surface area (Å²) in [6.07, 6.45) is 1.23. The van der Waals surface area contributed by atoms with Crippen LogP contribution in [0, 0.1) is 11.8 Å². The molecule has 3 N–H and O–H groups in total. The van der Waals surface area contributed by atoms with Crippen LogP contribution in [-0.4, -0.2) is 31.0 Å². The van der Waals surface area contributed by atoms with Crippen LogP contribution in [0.2, 0.25) is 0 Å². The number of primary amides is 1. The minimum absolute atomic E-state index is 0.119. The third-order valence-electron chi connectivity index (χ3n) is 5.70. The summed E-state index contributed by atoms with van der Waals surface area (Å²) in [4.78, 5) is 39.3. The highest BCUT2D eigenvalue weighted by Crippen LogP contribution is 2.23. The van der Waals surface area contributed by atoms with Gasteiger partial charge in [-0.3, -0.25) is 14.5 Å². The van der Waals surface area contributed by atoms with E-state index in [1.54, 1.807) is 6.07 Å². The summed E-state index contributed by atoms with van der Waals surface area (Å²) in [6, 6.07) is 14.0. The topological polar surface area (TPSA) is 102 Å². The number of nitrogens with zero attached hydrogens (tertiary/aromatic N) is 1. The Morgan fingerprint density at radius 2 is 1.61 bits per heavy atom. The number of hydrogen-bond acceptors (Lipinski definition) is 4. The van der Waals surface area contributed by atoms with E-state index in [4.69, 9.17) is 10.5 Å². The van der Waals surface area contributed by atoms with Crippen LogP contribution in [0.3, 0.4) is 0 Å². The number of ether oxygens (including phenoxy) is 1. The molecule has 0 saturated carbocycles. The summed E-state index contributed by atoms with van der Waals surface area (Å²) in [7, 11) is 0. The molecular weight excluding hydrogens is 418 g/mol. The number of carbonyl (C=O) groups is 3. The van der Waals surface area contributed by atoms with Crippen LogP contribution in [0.1, 0.15) is 66.8 Å². The van der Waals surface area contributed by atoms with Crippen LogP contribution >= 0.6 is 0 Å². The Bertz CT molecular complexity index is 946. The highest BCUT2D eigenvalue weighted by Gasteiger charge is 2.23. The number of hydrogen-bond donors (Lipinski definition) is 2. The van der Waals surface area contributed by atoms with Crippen molar-refractivity contribution < 1.29 is 19.1 Å². The molecule has 0 aliphatic carbocycles. The fourth-order valence-corrected chi connectivity index (χ4v) is 3.08. The first-order chi connectivity index (χ1) is 15.7. The van der Waals surface area contributed by atoms with E-state index in [9.17, 15) is 14.4 Å². The van der Waals surface area contributed by atoms with E-state index in [0.717, 1.165) is 18.4 Å². The smallest absolute Gasteiger partial charge is 0.414 e. The highest BCUT2D eigenvalue weighted by molar-refractivity contribution is 6.02. The number of anilines is 1. The molecule has 0 heterocycles. The second-order valence-corrected chi connectivity index (χ2v) is 8.52. The molecule has 7 heteroatoms. The van der Waals surface area contributed by atoms with E-state index in [-0.39, 0.29) is 29.6 Å². The van der Waals surface area contributed by atoms with Crippen molar-refractivity contribution in [1.82, 2.24) is 5.32 Å². The lowest BCUT2D eigenvalue weighted by Crippen LogP contribution is -2.36. The first-order valence-corrected chi connectivity index (χ1v) is 11.5. The lowest BCUT2D eigenvalue weighted by atomic mass is 10.0. The summed E-state index contributed by atoms with van der Waals surface area (Å²) >= 11 is 0. The monoisotopic (exact) mass is 453 g/mol. The number of benzene rings is 2. The van der Waals surface area contributed by atoms with Gasteiger partial charge in [0.2, 0.25) is 5.91 Å². The molecule has 0 fully saturated rings. The second-order valence-electron chi connectivity index (χ2n) is 8.52. The standard InChI is InChI=1S/C26H35N3O4/c1-5-18(3)15-28-25(31)22-12-21(24(27)30)13-23(14-22)29(16-19(4)6-2)26(32)33-17-20-10-8-7-9-11-20/h7-14,18-19H,5-6,15-17H2,1-4H3,(H2,27,30)(H,28,31). The van der Waals surface area contributed by atoms with Crippen molar-refractivity contribution in [2.75, 3.05) is 18.0 Å². The summed E-state index contributed by atoms with van der Waals surface area (Å²) in [5, 5.41) is 2.88. The second kappa shape index (κ2) is 12.6. The van der Waals surface area contributed by atoms with Gasteiger partial charge in [0.05, 0.1) is 0 Å². The molecule has 0 radical (unpaired) electrons. The van der Waals surface area contributed by atoms with E-state index in [0.29, 0.717) is 24.7 Å². The van der Waals surface area contributed by atoms with E-state index < -0.39 is 12.0 Å². The van der Waals surface area contributed by atoms with E-state index in [2.05, 4.69) is 12.2 Å². The molecule has 3 amide bonds. The quantitative estimate of drug-likeness (QED) is 0.512. The number of nitrogens with two attached hydrogens (primary N) is 1. The van der Waals surface area contributed by atoms with E-state index in [1.807, 2.05) is 51.1 Å². The summed E-state index contributed by atoms with van der Waals surface area (Å²) in [5.74, 6) is -0.494. The van der Waals surface area contributed by atoms with Crippen LogP contribution in [0.5, 0.6) is 0 Å². The summed E-state index contributed by atoms with van der Waals surface area (Å²) in [5.41, 5.74) is 7.23. The fraction of sp³-hybridized carbons (Fsp3) is 0.423. The zero-order valence-corrected chi connectivity index (χ0v) is 20.0. The third-order valence-corrected chi connectivity index (χ3v) is 5.70. The normalized spacial score (nSPS) is 12.5. The number of rotatable bonds is 11. The van der Waals surface area contributed by atoms with Crippen molar-refractivity contribution in [3.63, 3.8) is 0 Å². The maximum Gasteiger partial charge on any atom is 0.414 e. The molecule has 2 rings (SSSR count). The van der Waals surface area contributed by atoms with Crippen molar-refractivity contribution >= 4 is 23.6 Å². The van der Waals surface area contributed by atoms with Crippen LogP contribution in [0.15, 0.2) is 48.5 Å². The van der Waals surface area contributed by atoms with Crippen molar-refractivity contribution in [2.24, 2.45) is 17.6 Å². The van der Waals surface area contributed by atoms with E-state index in [1.165, 1.54) is 17.0 Å². The van der Waals surface area contributed by atoms with Gasteiger partial charge < -0.3 is 15.8 Å². The van der Waals surface area contributed by atoms with Gasteiger partial charge in [0.1, 0.15) is 6.61 Å². The van der Waals surface area contributed by atoms with E-state index >= 15 is 0 Å². The average Bonchev–Trinajstić information content (AvgIpc) is 2.84. The predicted molar refractivity (Wildman–Crippen MR) is 130 cm³/mol. The van der Waals surface area contributed by atoms with Crippen molar-refractivity contribution in [3.8, 4) is 0 Å². The van der Waals surface area contributed by atoms with Crippen molar-refractivity contribution in [2.45, 2.75) is 47.1 Å². The molecule has 7 nitrogen and oxygen atoms in total. The van der Waals surface area contributed by atoms with Gasteiger partial charge in [-0.05, 0) is 35.6 Å². The van der Waals surface area contributed by atoms with Crippen LogP contribution in [0.4, 0.5) is 10.5 Å². The lowest BCUT2D eigenvalue weighted by Gasteiger charge is -2.26. The van der Waals surface area contributed by atoms with Crippen molar-refractivity contribution in [3.05, 3.63) is 65.2 Å².